The molecular weight excluding hydrogens is 456 g/mol. The third-order valence-electron chi connectivity index (χ3n) is 6.67. The van der Waals surface area contributed by atoms with Gasteiger partial charge in [0.05, 0.1) is 12.0 Å². The summed E-state index contributed by atoms with van der Waals surface area (Å²) in [6, 6.07) is 26.3. The van der Waals surface area contributed by atoms with Gasteiger partial charge in [-0.25, -0.2) is 4.79 Å². The standard InChI is InChI=1S/C30H26O6/c31-23(19-34-24-9-5-2-6-10-24)15-16-25-26-17-29(32)35-28(26)18-27(25)36-30(33)22-13-11-21(12-14-22)20-7-3-1-4-8-20/h1-16,25-28H,17-19H2/b16-15+/t25-,26-,27-,28+/m1/s1. The Hall–Kier alpha value is -4.19. The van der Waals surface area contributed by atoms with Crippen LogP contribution in [0.2, 0.25) is 0 Å². The molecule has 1 heterocycles. The van der Waals surface area contributed by atoms with Crippen LogP contribution in [0.1, 0.15) is 23.2 Å². The summed E-state index contributed by atoms with van der Waals surface area (Å²) in [5, 5.41) is 0. The number of para-hydroxylation sites is 1. The number of rotatable bonds is 8. The molecule has 2 fully saturated rings. The average Bonchev–Trinajstić information content (AvgIpc) is 3.42. The van der Waals surface area contributed by atoms with Crippen molar-refractivity contribution in [2.75, 3.05) is 6.61 Å². The van der Waals surface area contributed by atoms with Crippen molar-refractivity contribution in [2.24, 2.45) is 11.8 Å². The molecule has 182 valence electrons. The molecule has 0 bridgehead atoms. The van der Waals surface area contributed by atoms with Crippen molar-refractivity contribution >= 4 is 17.7 Å². The maximum Gasteiger partial charge on any atom is 0.338 e. The first kappa shape index (κ1) is 23.5. The first-order valence-corrected chi connectivity index (χ1v) is 12.0. The first-order chi connectivity index (χ1) is 17.6. The molecule has 1 saturated carbocycles. The van der Waals surface area contributed by atoms with Crippen LogP contribution in [0.25, 0.3) is 11.1 Å². The lowest BCUT2D eigenvalue weighted by Gasteiger charge is -2.20. The predicted molar refractivity (Wildman–Crippen MR) is 133 cm³/mol. The van der Waals surface area contributed by atoms with Gasteiger partial charge in [0.25, 0.3) is 0 Å². The van der Waals surface area contributed by atoms with Gasteiger partial charge in [-0.05, 0) is 41.5 Å². The lowest BCUT2D eigenvalue weighted by atomic mass is 9.91. The van der Waals surface area contributed by atoms with Crippen LogP contribution in [-0.2, 0) is 19.1 Å². The van der Waals surface area contributed by atoms with Crippen LogP contribution in [0.3, 0.4) is 0 Å². The topological polar surface area (TPSA) is 78.9 Å². The lowest BCUT2D eigenvalue weighted by molar-refractivity contribution is -0.141. The maximum absolute atomic E-state index is 12.9. The second-order valence-corrected chi connectivity index (χ2v) is 9.02. The predicted octanol–water partition coefficient (Wildman–Crippen LogP) is 5.03. The van der Waals surface area contributed by atoms with Crippen molar-refractivity contribution < 1.29 is 28.6 Å². The first-order valence-electron chi connectivity index (χ1n) is 12.0. The molecule has 3 aromatic rings. The molecule has 4 atom stereocenters. The van der Waals surface area contributed by atoms with Gasteiger partial charge in [0.2, 0.25) is 0 Å². The quantitative estimate of drug-likeness (QED) is 0.331. The van der Waals surface area contributed by atoms with E-state index in [-0.39, 0.29) is 42.7 Å². The highest BCUT2D eigenvalue weighted by atomic mass is 16.6. The van der Waals surface area contributed by atoms with Crippen LogP contribution in [0.5, 0.6) is 5.75 Å². The van der Waals surface area contributed by atoms with Crippen LogP contribution in [0.15, 0.2) is 97.1 Å². The number of fused-ring (bicyclic) bond motifs is 1. The van der Waals surface area contributed by atoms with Gasteiger partial charge >= 0.3 is 11.9 Å². The van der Waals surface area contributed by atoms with E-state index in [1.165, 1.54) is 6.08 Å². The highest BCUT2D eigenvalue weighted by molar-refractivity contribution is 5.91. The summed E-state index contributed by atoms with van der Waals surface area (Å²) in [4.78, 5) is 37.2. The molecule has 5 rings (SSSR count). The molecule has 0 amide bonds. The molecule has 6 heteroatoms. The van der Waals surface area contributed by atoms with Crippen molar-refractivity contribution in [1.82, 2.24) is 0 Å². The highest BCUT2D eigenvalue weighted by Gasteiger charge is 2.50. The molecule has 0 aromatic heterocycles. The van der Waals surface area contributed by atoms with Crippen LogP contribution in [0.4, 0.5) is 0 Å². The summed E-state index contributed by atoms with van der Waals surface area (Å²) in [7, 11) is 0. The normalized spacial score (nSPS) is 22.7. The van der Waals surface area contributed by atoms with Gasteiger partial charge in [-0.15, -0.1) is 0 Å². The minimum Gasteiger partial charge on any atom is -0.485 e. The van der Waals surface area contributed by atoms with Crippen LogP contribution >= 0.6 is 0 Å². The summed E-state index contributed by atoms with van der Waals surface area (Å²) in [6.07, 6.45) is 3.03. The second-order valence-electron chi connectivity index (χ2n) is 9.02. The minimum absolute atomic E-state index is 0.102. The van der Waals surface area contributed by atoms with Crippen LogP contribution in [-0.4, -0.2) is 36.5 Å². The zero-order chi connectivity index (χ0) is 24.9. The third-order valence-corrected chi connectivity index (χ3v) is 6.67. The molecule has 0 spiro atoms. The summed E-state index contributed by atoms with van der Waals surface area (Å²) < 4.78 is 16.8. The summed E-state index contributed by atoms with van der Waals surface area (Å²) in [6.45, 7) is -0.102. The number of esters is 2. The number of benzene rings is 3. The monoisotopic (exact) mass is 482 g/mol. The van der Waals surface area contributed by atoms with Crippen molar-refractivity contribution in [2.45, 2.75) is 25.0 Å². The van der Waals surface area contributed by atoms with Crippen molar-refractivity contribution in [3.8, 4) is 16.9 Å². The largest absolute Gasteiger partial charge is 0.485 e. The van der Waals surface area contributed by atoms with Crippen LogP contribution in [0, 0.1) is 11.8 Å². The Morgan fingerprint density at radius 3 is 2.28 bits per heavy atom. The second kappa shape index (κ2) is 10.6. The zero-order valence-corrected chi connectivity index (χ0v) is 19.6. The molecule has 6 nitrogen and oxygen atoms in total. The third kappa shape index (κ3) is 5.38. The number of carbonyl (C=O) groups is 3. The Kier molecular flexibility index (Phi) is 6.94. The van der Waals surface area contributed by atoms with E-state index in [2.05, 4.69) is 0 Å². The van der Waals surface area contributed by atoms with Crippen molar-refractivity contribution in [3.05, 3.63) is 103 Å². The summed E-state index contributed by atoms with van der Waals surface area (Å²) >= 11 is 0. The average molecular weight is 483 g/mol. The minimum atomic E-state index is -0.492. The van der Waals surface area contributed by atoms with E-state index >= 15 is 0 Å². The van der Waals surface area contributed by atoms with Gasteiger partial charge in [-0.2, -0.15) is 0 Å². The molecule has 0 N–H and O–H groups in total. The Balaban J connectivity index is 1.24. The van der Waals surface area contributed by atoms with Crippen LogP contribution < -0.4 is 4.74 Å². The van der Waals surface area contributed by atoms with Crippen molar-refractivity contribution in [3.63, 3.8) is 0 Å². The molecule has 3 aromatic carbocycles. The Morgan fingerprint density at radius 1 is 0.889 bits per heavy atom. The SMILES string of the molecule is O=C(/C=C/[C@@H]1[C@H]2CC(=O)O[C@H]2C[C@H]1OC(=O)c1ccc(-c2ccccc2)cc1)COc1ccccc1. The van der Waals surface area contributed by atoms with Crippen molar-refractivity contribution in [1.29, 1.82) is 0 Å². The molecule has 1 saturated heterocycles. The number of hydrogen-bond acceptors (Lipinski definition) is 6. The van der Waals surface area contributed by atoms with E-state index in [1.54, 1.807) is 30.3 Å². The Morgan fingerprint density at radius 2 is 1.56 bits per heavy atom. The molecule has 2 aliphatic rings. The van der Waals surface area contributed by atoms with Gasteiger partial charge in [0, 0.05) is 18.3 Å². The van der Waals surface area contributed by atoms with E-state index < -0.39 is 12.1 Å². The fourth-order valence-corrected chi connectivity index (χ4v) is 4.86. The molecule has 36 heavy (non-hydrogen) atoms. The van der Waals surface area contributed by atoms with E-state index in [0.29, 0.717) is 17.7 Å². The molecule has 0 unspecified atom stereocenters. The molecule has 0 radical (unpaired) electrons. The Bertz CT molecular complexity index is 1250. The number of carbonyl (C=O) groups excluding carboxylic acids is 3. The van der Waals surface area contributed by atoms with E-state index in [1.807, 2.05) is 60.7 Å². The fourth-order valence-electron chi connectivity index (χ4n) is 4.86. The Labute approximate surface area is 209 Å². The lowest BCUT2D eigenvalue weighted by Crippen LogP contribution is -2.25. The van der Waals surface area contributed by atoms with E-state index in [0.717, 1.165) is 11.1 Å². The summed E-state index contributed by atoms with van der Waals surface area (Å²) in [5.74, 6) is -0.731. The van der Waals surface area contributed by atoms with E-state index in [4.69, 9.17) is 14.2 Å². The zero-order valence-electron chi connectivity index (χ0n) is 19.6. The van der Waals surface area contributed by atoms with E-state index in [9.17, 15) is 14.4 Å². The van der Waals surface area contributed by atoms with Gasteiger partial charge in [0.1, 0.15) is 18.0 Å². The molecule has 1 aliphatic carbocycles. The highest BCUT2D eigenvalue weighted by Crippen LogP contribution is 2.43. The summed E-state index contributed by atoms with van der Waals surface area (Å²) in [5.41, 5.74) is 2.51. The fraction of sp³-hybridized carbons (Fsp3) is 0.233. The number of ketones is 1. The number of hydrogen-bond donors (Lipinski definition) is 0. The van der Waals surface area contributed by atoms with Gasteiger partial charge in [-0.1, -0.05) is 66.7 Å². The number of ether oxygens (including phenoxy) is 3. The van der Waals surface area contributed by atoms with Gasteiger partial charge in [0.15, 0.2) is 12.4 Å². The molecular formula is C30H26O6. The molecule has 1 aliphatic heterocycles. The maximum atomic E-state index is 12.9. The van der Waals surface area contributed by atoms with Gasteiger partial charge in [-0.3, -0.25) is 9.59 Å². The van der Waals surface area contributed by atoms with Gasteiger partial charge < -0.3 is 14.2 Å². The smallest absolute Gasteiger partial charge is 0.338 e.